The monoisotopic (exact) mass is 398 g/mol. The number of fused-ring (bicyclic) bond motifs is 1. The molecule has 4 rings (SSSR count). The Balaban J connectivity index is 1.54. The molecule has 6 nitrogen and oxygen atoms in total. The van der Waals surface area contributed by atoms with Crippen LogP contribution >= 0.6 is 0 Å². The van der Waals surface area contributed by atoms with Gasteiger partial charge in [0.2, 0.25) is 10.0 Å². The summed E-state index contributed by atoms with van der Waals surface area (Å²) in [6, 6.07) is 16.7. The fourth-order valence-electron chi connectivity index (χ4n) is 3.79. The van der Waals surface area contributed by atoms with Crippen LogP contribution in [0.25, 0.3) is 22.2 Å². The Bertz CT molecular complexity index is 1100. The number of H-pyrrole nitrogens is 1. The molecule has 0 amide bonds. The van der Waals surface area contributed by atoms with E-state index < -0.39 is 16.0 Å². The number of aromatic amines is 1. The van der Waals surface area contributed by atoms with E-state index in [1.54, 1.807) is 18.2 Å². The molecule has 3 aromatic rings. The zero-order chi connectivity index (χ0) is 19.7. The molecule has 1 aromatic heterocycles. The van der Waals surface area contributed by atoms with Gasteiger partial charge in [0.15, 0.2) is 0 Å². The van der Waals surface area contributed by atoms with E-state index >= 15 is 0 Å². The smallest absolute Gasteiger partial charge is 0.306 e. The van der Waals surface area contributed by atoms with Crippen molar-refractivity contribution in [1.29, 1.82) is 0 Å². The van der Waals surface area contributed by atoms with Gasteiger partial charge in [0, 0.05) is 22.6 Å². The minimum atomic E-state index is -3.66. The van der Waals surface area contributed by atoms with Gasteiger partial charge in [-0.3, -0.25) is 4.79 Å². The topological polar surface area (TPSA) is 99.3 Å². The molecule has 0 radical (unpaired) electrons. The molecule has 1 aliphatic rings. The maximum absolute atomic E-state index is 12.8. The number of carboxylic acids is 1. The van der Waals surface area contributed by atoms with Crippen LogP contribution in [0, 0.1) is 5.92 Å². The minimum Gasteiger partial charge on any atom is -0.481 e. The molecule has 28 heavy (non-hydrogen) atoms. The Morgan fingerprint density at radius 3 is 2.39 bits per heavy atom. The van der Waals surface area contributed by atoms with Crippen molar-refractivity contribution in [3.63, 3.8) is 0 Å². The third-order valence-electron chi connectivity index (χ3n) is 5.39. The molecule has 3 N–H and O–H groups in total. The van der Waals surface area contributed by atoms with E-state index in [4.69, 9.17) is 5.11 Å². The lowest BCUT2D eigenvalue weighted by atomic mass is 9.87. The highest BCUT2D eigenvalue weighted by molar-refractivity contribution is 7.89. The highest BCUT2D eigenvalue weighted by Gasteiger charge is 2.29. The van der Waals surface area contributed by atoms with Gasteiger partial charge in [-0.2, -0.15) is 0 Å². The SMILES string of the molecule is O=C(O)[C@H]1CC[C@H](NS(=O)(=O)c2ccc3cc(-c4ccccc4)[nH]c3c2)CC1. The average Bonchev–Trinajstić information content (AvgIpc) is 3.12. The number of rotatable bonds is 5. The minimum absolute atomic E-state index is 0.210. The second kappa shape index (κ2) is 7.41. The quantitative estimate of drug-likeness (QED) is 0.609. The third-order valence-corrected chi connectivity index (χ3v) is 6.91. The molecule has 1 saturated carbocycles. The predicted octanol–water partition coefficient (Wildman–Crippen LogP) is 3.76. The van der Waals surface area contributed by atoms with Crippen LogP contribution < -0.4 is 4.72 Å². The molecular weight excluding hydrogens is 376 g/mol. The van der Waals surface area contributed by atoms with Crippen molar-refractivity contribution in [3.8, 4) is 11.3 Å². The standard InChI is InChI=1S/C21H22N2O4S/c24-21(25)15-6-9-17(10-7-15)23-28(26,27)18-11-8-16-12-19(22-20(16)13-18)14-4-2-1-3-5-14/h1-5,8,11-13,15,17,22-23H,6-7,9-10H2,(H,24,25)/t15-,17-. The van der Waals surface area contributed by atoms with Gasteiger partial charge in [-0.15, -0.1) is 0 Å². The molecule has 0 bridgehead atoms. The fraction of sp³-hybridized carbons (Fsp3) is 0.286. The number of sulfonamides is 1. The third kappa shape index (κ3) is 3.81. The molecule has 146 valence electrons. The van der Waals surface area contributed by atoms with Crippen LogP contribution in [0.5, 0.6) is 0 Å². The van der Waals surface area contributed by atoms with Gasteiger partial charge in [-0.05, 0) is 49.4 Å². The summed E-state index contributed by atoms with van der Waals surface area (Å²) in [7, 11) is -3.66. The molecule has 0 unspecified atom stereocenters. The van der Waals surface area contributed by atoms with Crippen molar-refractivity contribution in [2.45, 2.75) is 36.6 Å². The molecule has 0 atom stereocenters. The van der Waals surface area contributed by atoms with Crippen LogP contribution in [-0.2, 0) is 14.8 Å². The number of carbonyl (C=O) groups is 1. The second-order valence-corrected chi connectivity index (χ2v) is 9.02. The number of hydrogen-bond acceptors (Lipinski definition) is 3. The van der Waals surface area contributed by atoms with Gasteiger partial charge >= 0.3 is 5.97 Å². The van der Waals surface area contributed by atoms with E-state index in [1.165, 1.54) is 0 Å². The van der Waals surface area contributed by atoms with Crippen LogP contribution in [0.1, 0.15) is 25.7 Å². The van der Waals surface area contributed by atoms with Crippen LogP contribution in [-0.4, -0.2) is 30.5 Å². The van der Waals surface area contributed by atoms with Crippen molar-refractivity contribution >= 4 is 26.9 Å². The lowest BCUT2D eigenvalue weighted by Crippen LogP contribution is -2.38. The zero-order valence-corrected chi connectivity index (χ0v) is 16.1. The number of hydrogen-bond donors (Lipinski definition) is 3. The van der Waals surface area contributed by atoms with E-state index in [0.29, 0.717) is 25.7 Å². The maximum Gasteiger partial charge on any atom is 0.306 e. The van der Waals surface area contributed by atoms with Crippen LogP contribution in [0.2, 0.25) is 0 Å². The largest absolute Gasteiger partial charge is 0.481 e. The number of carboxylic acid groups (broad SMARTS) is 1. The normalized spacial score (nSPS) is 20.3. The van der Waals surface area contributed by atoms with E-state index in [2.05, 4.69) is 9.71 Å². The second-order valence-electron chi connectivity index (χ2n) is 7.31. The Morgan fingerprint density at radius 1 is 1.00 bits per heavy atom. The predicted molar refractivity (Wildman–Crippen MR) is 107 cm³/mol. The summed E-state index contributed by atoms with van der Waals surface area (Å²) in [4.78, 5) is 14.6. The van der Waals surface area contributed by atoms with E-state index in [0.717, 1.165) is 22.2 Å². The van der Waals surface area contributed by atoms with Gasteiger partial charge in [-0.1, -0.05) is 36.4 Å². The van der Waals surface area contributed by atoms with Gasteiger partial charge in [0.25, 0.3) is 0 Å². The molecule has 0 saturated heterocycles. The Hall–Kier alpha value is -2.64. The van der Waals surface area contributed by atoms with Gasteiger partial charge in [-0.25, -0.2) is 13.1 Å². The van der Waals surface area contributed by atoms with Crippen molar-refractivity contribution in [2.24, 2.45) is 5.92 Å². The summed E-state index contributed by atoms with van der Waals surface area (Å²) in [5.41, 5.74) is 2.73. The van der Waals surface area contributed by atoms with Gasteiger partial charge in [0.1, 0.15) is 0 Å². The van der Waals surface area contributed by atoms with Crippen molar-refractivity contribution in [3.05, 3.63) is 54.6 Å². The van der Waals surface area contributed by atoms with Crippen molar-refractivity contribution < 1.29 is 18.3 Å². The van der Waals surface area contributed by atoms with Crippen LogP contribution in [0.4, 0.5) is 0 Å². The molecule has 0 spiro atoms. The number of aromatic nitrogens is 1. The first kappa shape index (κ1) is 18.7. The lowest BCUT2D eigenvalue weighted by molar-refractivity contribution is -0.142. The molecule has 1 heterocycles. The number of aliphatic carboxylic acids is 1. The average molecular weight is 398 g/mol. The molecule has 1 fully saturated rings. The summed E-state index contributed by atoms with van der Waals surface area (Å²) < 4.78 is 28.3. The zero-order valence-electron chi connectivity index (χ0n) is 15.3. The Labute approximate surface area is 163 Å². The van der Waals surface area contributed by atoms with Crippen molar-refractivity contribution in [1.82, 2.24) is 9.71 Å². The number of benzene rings is 2. The highest BCUT2D eigenvalue weighted by atomic mass is 32.2. The summed E-state index contributed by atoms with van der Waals surface area (Å²) in [6.45, 7) is 0. The Kier molecular flexibility index (Phi) is 4.95. The first-order chi connectivity index (χ1) is 13.4. The van der Waals surface area contributed by atoms with Crippen LogP contribution in [0.3, 0.4) is 0 Å². The molecule has 7 heteroatoms. The fourth-order valence-corrected chi connectivity index (χ4v) is 5.12. The van der Waals surface area contributed by atoms with Crippen LogP contribution in [0.15, 0.2) is 59.5 Å². The van der Waals surface area contributed by atoms with Gasteiger partial charge < -0.3 is 10.1 Å². The summed E-state index contributed by atoms with van der Waals surface area (Å²) in [5.74, 6) is -1.17. The molecule has 1 aliphatic carbocycles. The molecule has 2 aromatic carbocycles. The summed E-state index contributed by atoms with van der Waals surface area (Å²) >= 11 is 0. The number of nitrogens with one attached hydrogen (secondary N) is 2. The molecule has 0 aliphatic heterocycles. The van der Waals surface area contributed by atoms with E-state index in [-0.39, 0.29) is 16.9 Å². The summed E-state index contributed by atoms with van der Waals surface area (Å²) in [5, 5.41) is 10.0. The maximum atomic E-state index is 12.8. The highest BCUT2D eigenvalue weighted by Crippen LogP contribution is 2.28. The Morgan fingerprint density at radius 2 is 1.71 bits per heavy atom. The lowest BCUT2D eigenvalue weighted by Gasteiger charge is -2.26. The first-order valence-electron chi connectivity index (χ1n) is 9.36. The molecular formula is C21H22N2O4S. The van der Waals surface area contributed by atoms with E-state index in [9.17, 15) is 13.2 Å². The van der Waals surface area contributed by atoms with Crippen molar-refractivity contribution in [2.75, 3.05) is 0 Å². The van der Waals surface area contributed by atoms with Gasteiger partial charge in [0.05, 0.1) is 10.8 Å². The first-order valence-corrected chi connectivity index (χ1v) is 10.8. The van der Waals surface area contributed by atoms with E-state index in [1.807, 2.05) is 36.4 Å². The summed E-state index contributed by atoms with van der Waals surface area (Å²) in [6.07, 6.45) is 2.08.